The predicted molar refractivity (Wildman–Crippen MR) is 115 cm³/mol. The molecule has 1 N–H and O–H groups in total. The van der Waals surface area contributed by atoms with Gasteiger partial charge in [0, 0.05) is 27.9 Å². The molecular formula is C25H19NO5. The second kappa shape index (κ2) is 7.99. The predicted octanol–water partition coefficient (Wildman–Crippen LogP) is 3.87. The van der Waals surface area contributed by atoms with Crippen molar-refractivity contribution in [3.05, 3.63) is 99.6 Å². The Bertz CT molecular complexity index is 1260. The molecule has 0 spiro atoms. The molecule has 1 amide bonds. The molecule has 6 nitrogen and oxygen atoms in total. The molecule has 3 aromatic carbocycles. The fraction of sp³-hybridized carbons (Fsp3) is 0.120. The first-order valence-corrected chi connectivity index (χ1v) is 9.72. The van der Waals surface area contributed by atoms with Crippen LogP contribution in [0.15, 0.2) is 60.7 Å². The molecule has 0 radical (unpaired) electrons. The van der Waals surface area contributed by atoms with Crippen LogP contribution in [0.5, 0.6) is 0 Å². The molecule has 0 saturated carbocycles. The monoisotopic (exact) mass is 413 g/mol. The molecule has 0 heterocycles. The van der Waals surface area contributed by atoms with Crippen molar-refractivity contribution in [1.29, 1.82) is 0 Å². The number of aryl methyl sites for hydroxylation is 1. The number of carbonyl (C=O) groups is 4. The van der Waals surface area contributed by atoms with Crippen LogP contribution in [-0.2, 0) is 9.53 Å². The van der Waals surface area contributed by atoms with Crippen LogP contribution in [0.1, 0.15) is 53.3 Å². The zero-order valence-corrected chi connectivity index (χ0v) is 17.0. The van der Waals surface area contributed by atoms with Crippen molar-refractivity contribution >= 4 is 29.1 Å². The molecule has 1 aliphatic rings. The second-order valence-corrected chi connectivity index (χ2v) is 7.34. The Hall–Kier alpha value is -4.06. The minimum atomic E-state index is -0.584. The quantitative estimate of drug-likeness (QED) is 0.513. The van der Waals surface area contributed by atoms with Crippen molar-refractivity contribution in [3.8, 4) is 0 Å². The van der Waals surface area contributed by atoms with Crippen molar-refractivity contribution in [2.75, 3.05) is 11.9 Å². The van der Waals surface area contributed by atoms with Crippen LogP contribution in [0, 0.1) is 13.8 Å². The Kier molecular flexibility index (Phi) is 5.21. The van der Waals surface area contributed by atoms with E-state index < -0.39 is 18.5 Å². The van der Waals surface area contributed by atoms with Gasteiger partial charge in [-0.2, -0.15) is 0 Å². The van der Waals surface area contributed by atoms with E-state index in [-0.39, 0.29) is 17.1 Å². The zero-order valence-electron chi connectivity index (χ0n) is 17.0. The van der Waals surface area contributed by atoms with Gasteiger partial charge < -0.3 is 10.1 Å². The Morgan fingerprint density at radius 3 is 2.16 bits per heavy atom. The highest BCUT2D eigenvalue weighted by Gasteiger charge is 2.29. The van der Waals surface area contributed by atoms with Gasteiger partial charge in [0.2, 0.25) is 0 Å². The number of fused-ring (bicyclic) bond motifs is 2. The highest BCUT2D eigenvalue weighted by Crippen LogP contribution is 2.29. The Labute approximate surface area is 178 Å². The fourth-order valence-corrected chi connectivity index (χ4v) is 3.56. The molecule has 0 saturated heterocycles. The lowest BCUT2D eigenvalue weighted by molar-refractivity contribution is -0.119. The van der Waals surface area contributed by atoms with E-state index in [1.54, 1.807) is 42.5 Å². The van der Waals surface area contributed by atoms with Crippen molar-refractivity contribution in [2.45, 2.75) is 13.8 Å². The van der Waals surface area contributed by atoms with Crippen LogP contribution in [0.25, 0.3) is 0 Å². The van der Waals surface area contributed by atoms with Crippen molar-refractivity contribution in [3.63, 3.8) is 0 Å². The molecule has 154 valence electrons. The highest BCUT2D eigenvalue weighted by atomic mass is 16.5. The average Bonchev–Trinajstić information content (AvgIpc) is 2.77. The number of rotatable bonds is 4. The van der Waals surface area contributed by atoms with Crippen LogP contribution in [-0.4, -0.2) is 30.0 Å². The standard InChI is InChI=1S/C25H19NO5/c1-14-6-5-9-17(15(14)2)25(30)31-13-22(27)26-16-10-11-20-21(12-16)24(29)19-8-4-3-7-18(19)23(20)28/h3-12H,13H2,1-2H3,(H,26,27). The minimum absolute atomic E-state index is 0.230. The summed E-state index contributed by atoms with van der Waals surface area (Å²) in [7, 11) is 0. The summed E-state index contributed by atoms with van der Waals surface area (Å²) >= 11 is 0. The number of anilines is 1. The molecule has 0 atom stereocenters. The van der Waals surface area contributed by atoms with Gasteiger partial charge >= 0.3 is 5.97 Å². The van der Waals surface area contributed by atoms with E-state index in [2.05, 4.69) is 5.32 Å². The van der Waals surface area contributed by atoms with Crippen LogP contribution < -0.4 is 5.32 Å². The largest absolute Gasteiger partial charge is 0.452 e. The number of ketones is 2. The molecule has 3 aromatic rings. The number of ether oxygens (including phenoxy) is 1. The van der Waals surface area contributed by atoms with E-state index in [0.29, 0.717) is 27.9 Å². The van der Waals surface area contributed by atoms with Crippen molar-refractivity contribution in [2.24, 2.45) is 0 Å². The Balaban J connectivity index is 1.46. The van der Waals surface area contributed by atoms with Gasteiger partial charge in [-0.1, -0.05) is 36.4 Å². The summed E-state index contributed by atoms with van der Waals surface area (Å²) in [6, 6.07) is 16.5. The van der Waals surface area contributed by atoms with E-state index in [1.165, 1.54) is 12.1 Å². The maximum atomic E-state index is 12.8. The molecule has 4 rings (SSSR count). The number of esters is 1. The van der Waals surface area contributed by atoms with Crippen LogP contribution in [0.2, 0.25) is 0 Å². The molecule has 0 aliphatic heterocycles. The van der Waals surface area contributed by atoms with Gasteiger partial charge in [0.1, 0.15) is 0 Å². The molecule has 1 aliphatic carbocycles. The summed E-state index contributed by atoms with van der Waals surface area (Å²) in [5.41, 5.74) is 3.73. The molecule has 0 bridgehead atoms. The molecule has 0 fully saturated rings. The number of benzene rings is 3. The highest BCUT2D eigenvalue weighted by molar-refractivity contribution is 6.28. The number of amides is 1. The maximum Gasteiger partial charge on any atom is 0.338 e. The molecule has 0 unspecified atom stereocenters. The zero-order chi connectivity index (χ0) is 22.1. The topological polar surface area (TPSA) is 89.5 Å². The second-order valence-electron chi connectivity index (χ2n) is 7.34. The van der Waals surface area contributed by atoms with E-state index in [9.17, 15) is 19.2 Å². The first kappa shape index (κ1) is 20.2. The fourth-order valence-electron chi connectivity index (χ4n) is 3.56. The van der Waals surface area contributed by atoms with E-state index >= 15 is 0 Å². The van der Waals surface area contributed by atoms with Gasteiger partial charge in [0.25, 0.3) is 5.91 Å². The first-order chi connectivity index (χ1) is 14.9. The smallest absolute Gasteiger partial charge is 0.338 e. The number of nitrogens with one attached hydrogen (secondary N) is 1. The summed E-state index contributed by atoms with van der Waals surface area (Å²) in [5.74, 6) is -1.64. The lowest BCUT2D eigenvalue weighted by atomic mass is 9.84. The summed E-state index contributed by atoms with van der Waals surface area (Å²) in [6.45, 7) is 3.23. The normalized spacial score (nSPS) is 12.1. The molecular weight excluding hydrogens is 394 g/mol. The third-order valence-corrected chi connectivity index (χ3v) is 5.37. The van der Waals surface area contributed by atoms with Gasteiger partial charge in [0.15, 0.2) is 18.2 Å². The number of hydrogen-bond acceptors (Lipinski definition) is 5. The van der Waals surface area contributed by atoms with Crippen molar-refractivity contribution < 1.29 is 23.9 Å². The van der Waals surface area contributed by atoms with E-state index in [4.69, 9.17) is 4.74 Å². The Morgan fingerprint density at radius 2 is 1.45 bits per heavy atom. The number of carbonyl (C=O) groups excluding carboxylic acids is 4. The van der Waals surface area contributed by atoms with Gasteiger partial charge in [-0.25, -0.2) is 4.79 Å². The van der Waals surface area contributed by atoms with Gasteiger partial charge in [-0.05, 0) is 49.2 Å². The van der Waals surface area contributed by atoms with Gasteiger partial charge in [-0.15, -0.1) is 0 Å². The molecule has 0 aromatic heterocycles. The first-order valence-electron chi connectivity index (χ1n) is 9.72. The lowest BCUT2D eigenvalue weighted by Crippen LogP contribution is -2.23. The van der Waals surface area contributed by atoms with Crippen molar-refractivity contribution in [1.82, 2.24) is 0 Å². The van der Waals surface area contributed by atoms with Gasteiger partial charge in [-0.3, -0.25) is 14.4 Å². The molecule has 6 heteroatoms. The molecule has 31 heavy (non-hydrogen) atoms. The number of hydrogen-bond donors (Lipinski definition) is 1. The third-order valence-electron chi connectivity index (χ3n) is 5.37. The average molecular weight is 413 g/mol. The summed E-state index contributed by atoms with van der Waals surface area (Å²) in [4.78, 5) is 50.0. The summed E-state index contributed by atoms with van der Waals surface area (Å²) < 4.78 is 5.12. The summed E-state index contributed by atoms with van der Waals surface area (Å²) in [5, 5.41) is 2.60. The third kappa shape index (κ3) is 3.75. The van der Waals surface area contributed by atoms with Crippen LogP contribution in [0.3, 0.4) is 0 Å². The van der Waals surface area contributed by atoms with E-state index in [0.717, 1.165) is 11.1 Å². The lowest BCUT2D eigenvalue weighted by Gasteiger charge is -2.18. The van der Waals surface area contributed by atoms with Crippen LogP contribution >= 0.6 is 0 Å². The van der Waals surface area contributed by atoms with Crippen LogP contribution in [0.4, 0.5) is 5.69 Å². The minimum Gasteiger partial charge on any atom is -0.452 e. The van der Waals surface area contributed by atoms with Gasteiger partial charge in [0.05, 0.1) is 5.56 Å². The Morgan fingerprint density at radius 1 is 0.806 bits per heavy atom. The summed E-state index contributed by atoms with van der Waals surface area (Å²) in [6.07, 6.45) is 0. The maximum absolute atomic E-state index is 12.8. The van der Waals surface area contributed by atoms with E-state index in [1.807, 2.05) is 19.9 Å². The SMILES string of the molecule is Cc1cccc(C(=O)OCC(=O)Nc2ccc3c(c2)C(=O)c2ccccc2C3=O)c1C.